The molecule has 140 valence electrons. The third kappa shape index (κ3) is 2.68. The molecule has 0 fully saturated rings. The summed E-state index contributed by atoms with van der Waals surface area (Å²) in [6.07, 6.45) is 2.33. The first-order valence-electron chi connectivity index (χ1n) is 8.61. The minimum absolute atomic E-state index is 0.0429. The molecule has 0 spiro atoms. The van der Waals surface area contributed by atoms with Gasteiger partial charge in [-0.15, -0.1) is 0 Å². The maximum Gasteiger partial charge on any atom is 0.231 e. The molecule has 2 aliphatic heterocycles. The number of rotatable bonds is 4. The predicted molar refractivity (Wildman–Crippen MR) is 101 cm³/mol. The van der Waals surface area contributed by atoms with Crippen LogP contribution in [0, 0.1) is 0 Å². The average Bonchev–Trinajstić information content (AvgIpc) is 2.98. The lowest BCUT2D eigenvalue weighted by atomic mass is 10.0. The first-order chi connectivity index (χ1) is 13.1. The van der Waals surface area contributed by atoms with Gasteiger partial charge in [-0.25, -0.2) is 0 Å². The molecule has 2 heterocycles. The van der Waals surface area contributed by atoms with Crippen molar-refractivity contribution in [3.63, 3.8) is 0 Å². The summed E-state index contributed by atoms with van der Waals surface area (Å²) in [4.78, 5) is 14.7. The summed E-state index contributed by atoms with van der Waals surface area (Å²) in [5.74, 6) is 2.61. The van der Waals surface area contributed by atoms with Crippen LogP contribution in [-0.4, -0.2) is 39.2 Å². The summed E-state index contributed by atoms with van der Waals surface area (Å²) >= 11 is 0. The number of hydrogen-bond acceptors (Lipinski definition) is 5. The van der Waals surface area contributed by atoms with E-state index >= 15 is 0 Å². The van der Waals surface area contributed by atoms with Gasteiger partial charge in [-0.05, 0) is 47.0 Å². The second kappa shape index (κ2) is 6.54. The molecule has 2 aromatic carbocycles. The van der Waals surface area contributed by atoms with Crippen molar-refractivity contribution < 1.29 is 23.7 Å². The molecular formula is C21H21NO5. The molecule has 4 rings (SSSR count). The summed E-state index contributed by atoms with van der Waals surface area (Å²) in [7, 11) is 6.41. The van der Waals surface area contributed by atoms with Crippen LogP contribution in [0.1, 0.15) is 22.3 Å². The number of fused-ring (bicyclic) bond motifs is 4. The van der Waals surface area contributed by atoms with Crippen LogP contribution in [0.2, 0.25) is 0 Å². The van der Waals surface area contributed by atoms with Gasteiger partial charge in [0.2, 0.25) is 5.91 Å². The SMILES string of the molecule is COc1cc2c(cc1OC)CC(=O)N1Cc3cc(OC)c(OC)cc3C1=C2. The molecule has 0 bridgehead atoms. The number of methoxy groups -OCH3 is 4. The fourth-order valence-electron chi connectivity index (χ4n) is 3.70. The molecule has 0 unspecified atom stereocenters. The van der Waals surface area contributed by atoms with Crippen LogP contribution in [0.3, 0.4) is 0 Å². The zero-order chi connectivity index (χ0) is 19.1. The molecule has 27 heavy (non-hydrogen) atoms. The van der Waals surface area contributed by atoms with Crippen molar-refractivity contribution in [2.45, 2.75) is 13.0 Å². The lowest BCUT2D eigenvalue weighted by Gasteiger charge is -2.16. The Balaban J connectivity index is 1.90. The predicted octanol–water partition coefficient (Wildman–Crippen LogP) is 3.12. The van der Waals surface area contributed by atoms with Crippen molar-refractivity contribution in [3.8, 4) is 23.0 Å². The van der Waals surface area contributed by atoms with E-state index in [1.807, 2.05) is 35.2 Å². The molecule has 0 saturated heterocycles. The molecular weight excluding hydrogens is 346 g/mol. The van der Waals surface area contributed by atoms with Crippen molar-refractivity contribution in [1.82, 2.24) is 4.90 Å². The summed E-state index contributed by atoms with van der Waals surface area (Å²) < 4.78 is 21.7. The molecule has 0 saturated carbocycles. The normalized spacial score (nSPS) is 14.6. The molecule has 0 atom stereocenters. The van der Waals surface area contributed by atoms with E-state index in [9.17, 15) is 4.79 Å². The highest BCUT2D eigenvalue weighted by Gasteiger charge is 2.33. The Kier molecular flexibility index (Phi) is 4.18. The summed E-state index contributed by atoms with van der Waals surface area (Å²) in [5.41, 5.74) is 4.74. The van der Waals surface area contributed by atoms with Gasteiger partial charge in [-0.3, -0.25) is 4.79 Å². The number of amides is 1. The third-order valence-corrected chi connectivity index (χ3v) is 5.08. The van der Waals surface area contributed by atoms with Gasteiger partial charge in [0.25, 0.3) is 0 Å². The van der Waals surface area contributed by atoms with Crippen LogP contribution in [0.15, 0.2) is 24.3 Å². The molecule has 6 nitrogen and oxygen atoms in total. The highest BCUT2D eigenvalue weighted by Crippen LogP contribution is 2.43. The largest absolute Gasteiger partial charge is 0.493 e. The summed E-state index contributed by atoms with van der Waals surface area (Å²) in [5, 5.41) is 0. The summed E-state index contributed by atoms with van der Waals surface area (Å²) in [6.45, 7) is 0.516. The zero-order valence-electron chi connectivity index (χ0n) is 15.8. The van der Waals surface area contributed by atoms with Crippen molar-refractivity contribution >= 4 is 17.7 Å². The average molecular weight is 367 g/mol. The van der Waals surface area contributed by atoms with E-state index in [0.29, 0.717) is 36.0 Å². The number of benzene rings is 2. The third-order valence-electron chi connectivity index (χ3n) is 5.08. The molecule has 6 heteroatoms. The first kappa shape index (κ1) is 17.3. The second-order valence-corrected chi connectivity index (χ2v) is 6.46. The van der Waals surface area contributed by atoms with Crippen LogP contribution >= 0.6 is 0 Å². The quantitative estimate of drug-likeness (QED) is 0.831. The van der Waals surface area contributed by atoms with Crippen LogP contribution < -0.4 is 18.9 Å². The van der Waals surface area contributed by atoms with E-state index in [-0.39, 0.29) is 5.91 Å². The number of carbonyl (C=O) groups is 1. The van der Waals surface area contributed by atoms with Gasteiger partial charge in [0.15, 0.2) is 23.0 Å². The van der Waals surface area contributed by atoms with Crippen molar-refractivity contribution in [2.75, 3.05) is 28.4 Å². The Labute approximate surface area is 157 Å². The molecule has 2 aromatic rings. The van der Waals surface area contributed by atoms with Crippen molar-refractivity contribution in [2.24, 2.45) is 0 Å². The fraction of sp³-hybridized carbons (Fsp3) is 0.286. The number of nitrogens with zero attached hydrogens (tertiary/aromatic N) is 1. The monoisotopic (exact) mass is 367 g/mol. The Hall–Kier alpha value is -3.15. The molecule has 2 aliphatic rings. The minimum Gasteiger partial charge on any atom is -0.493 e. The number of carbonyl (C=O) groups excluding carboxylic acids is 1. The lowest BCUT2D eigenvalue weighted by Crippen LogP contribution is -2.25. The van der Waals surface area contributed by atoms with Crippen LogP contribution in [0.5, 0.6) is 23.0 Å². The first-order valence-corrected chi connectivity index (χ1v) is 8.61. The van der Waals surface area contributed by atoms with Crippen LogP contribution in [-0.2, 0) is 17.8 Å². The molecule has 0 aromatic heterocycles. The smallest absolute Gasteiger partial charge is 0.231 e. The molecule has 0 radical (unpaired) electrons. The number of hydrogen-bond donors (Lipinski definition) is 0. The molecule has 1 amide bonds. The van der Waals surface area contributed by atoms with Gasteiger partial charge in [-0.2, -0.15) is 0 Å². The Morgan fingerprint density at radius 2 is 1.33 bits per heavy atom. The molecule has 0 aliphatic carbocycles. The van der Waals surface area contributed by atoms with Gasteiger partial charge < -0.3 is 23.8 Å². The maximum absolute atomic E-state index is 12.9. The highest BCUT2D eigenvalue weighted by atomic mass is 16.5. The van der Waals surface area contributed by atoms with Gasteiger partial charge in [0.05, 0.1) is 47.1 Å². The van der Waals surface area contributed by atoms with Gasteiger partial charge in [-0.1, -0.05) is 0 Å². The lowest BCUT2D eigenvalue weighted by molar-refractivity contribution is -0.127. The highest BCUT2D eigenvalue weighted by molar-refractivity contribution is 5.99. The Bertz CT molecular complexity index is 964. The van der Waals surface area contributed by atoms with E-state index in [2.05, 4.69) is 0 Å². The van der Waals surface area contributed by atoms with Gasteiger partial charge >= 0.3 is 0 Å². The Morgan fingerprint density at radius 3 is 1.96 bits per heavy atom. The zero-order valence-corrected chi connectivity index (χ0v) is 15.8. The minimum atomic E-state index is 0.0429. The van der Waals surface area contributed by atoms with E-state index in [1.165, 1.54) is 0 Å². The van der Waals surface area contributed by atoms with Crippen molar-refractivity contribution in [1.29, 1.82) is 0 Å². The van der Waals surface area contributed by atoms with Gasteiger partial charge in [0.1, 0.15) is 0 Å². The molecule has 0 N–H and O–H groups in total. The van der Waals surface area contributed by atoms with E-state index < -0.39 is 0 Å². The second-order valence-electron chi connectivity index (χ2n) is 6.46. The summed E-state index contributed by atoms with van der Waals surface area (Å²) in [6, 6.07) is 7.66. The van der Waals surface area contributed by atoms with E-state index in [0.717, 1.165) is 28.0 Å². The fourth-order valence-corrected chi connectivity index (χ4v) is 3.70. The Morgan fingerprint density at radius 1 is 0.778 bits per heavy atom. The number of ether oxygens (including phenoxy) is 4. The standard InChI is InChI=1S/C21H21NO5/c1-24-17-6-12-5-16-15-10-20(27-4)19(26-3)8-14(15)11-22(16)21(23)9-13(12)7-18(17)25-2/h5-8,10H,9,11H2,1-4H3. The van der Waals surface area contributed by atoms with E-state index in [4.69, 9.17) is 18.9 Å². The maximum atomic E-state index is 12.9. The topological polar surface area (TPSA) is 57.2 Å². The van der Waals surface area contributed by atoms with Crippen molar-refractivity contribution in [3.05, 3.63) is 46.5 Å². The van der Waals surface area contributed by atoms with Crippen LogP contribution in [0.25, 0.3) is 11.8 Å². The van der Waals surface area contributed by atoms with Crippen LogP contribution in [0.4, 0.5) is 0 Å². The van der Waals surface area contributed by atoms with Gasteiger partial charge in [0, 0.05) is 5.56 Å². The van der Waals surface area contributed by atoms with E-state index in [1.54, 1.807) is 28.4 Å².